The summed E-state index contributed by atoms with van der Waals surface area (Å²) in [4.78, 5) is 33.8. The van der Waals surface area contributed by atoms with Crippen molar-refractivity contribution < 1.29 is 9.59 Å². The predicted octanol–water partition coefficient (Wildman–Crippen LogP) is 3.14. The van der Waals surface area contributed by atoms with Crippen molar-refractivity contribution in [2.75, 3.05) is 11.9 Å². The normalized spacial score (nSPS) is 14.1. The molecule has 3 heterocycles. The fourth-order valence-corrected chi connectivity index (χ4v) is 4.24. The van der Waals surface area contributed by atoms with Crippen molar-refractivity contribution in [3.63, 3.8) is 0 Å². The number of aromatic amines is 1. The molecule has 1 fully saturated rings. The molecule has 5 rings (SSSR count). The highest BCUT2D eigenvalue weighted by Crippen LogP contribution is 2.39. The second-order valence-electron chi connectivity index (χ2n) is 8.93. The molecule has 3 aromatic heterocycles. The van der Waals surface area contributed by atoms with Crippen LogP contribution in [0.15, 0.2) is 42.6 Å². The van der Waals surface area contributed by atoms with E-state index in [9.17, 15) is 9.59 Å². The van der Waals surface area contributed by atoms with Crippen LogP contribution in [-0.2, 0) is 9.59 Å². The Morgan fingerprint density at radius 3 is 2.80 bits per heavy atom. The molecule has 0 radical (unpaired) electrons. The summed E-state index contributed by atoms with van der Waals surface area (Å²) < 4.78 is 1.89. The fraction of sp³-hybridized carbons (Fsp3) is 0.320. The van der Waals surface area contributed by atoms with Gasteiger partial charge >= 0.3 is 0 Å². The number of carbonyl (C=O) groups is 2. The Bertz CT molecular complexity index is 1400. The highest BCUT2D eigenvalue weighted by molar-refractivity contribution is 5.89. The number of hydrogen-bond acceptors (Lipinski definition) is 6. The molecule has 1 aromatic carbocycles. The number of likely N-dealkylation sites (N-methyl/N-ethyl adjacent to an activating group) is 1. The lowest BCUT2D eigenvalue weighted by Crippen LogP contribution is -2.31. The first-order chi connectivity index (χ1) is 16.9. The third kappa shape index (κ3) is 4.86. The first kappa shape index (κ1) is 22.6. The Kier molecular flexibility index (Phi) is 5.94. The minimum Gasteiger partial charge on any atom is -0.370 e. The van der Waals surface area contributed by atoms with Gasteiger partial charge in [0.1, 0.15) is 5.65 Å². The molecule has 2 amide bonds. The molecule has 10 nitrogen and oxygen atoms in total. The highest BCUT2D eigenvalue weighted by Gasteiger charge is 2.26. The lowest BCUT2D eigenvalue weighted by molar-refractivity contribution is -0.126. The summed E-state index contributed by atoms with van der Waals surface area (Å²) in [5, 5.41) is 13.6. The maximum atomic E-state index is 12.6. The Morgan fingerprint density at radius 2 is 2.06 bits per heavy atom. The van der Waals surface area contributed by atoms with Gasteiger partial charge in [-0.2, -0.15) is 5.10 Å². The van der Waals surface area contributed by atoms with E-state index in [1.54, 1.807) is 0 Å². The van der Waals surface area contributed by atoms with Crippen LogP contribution in [0.3, 0.4) is 0 Å². The molecule has 1 aliphatic carbocycles. The molecule has 0 aliphatic heterocycles. The molecule has 1 saturated carbocycles. The molecule has 5 N–H and O–H groups in total. The van der Waals surface area contributed by atoms with Crippen LogP contribution in [0.25, 0.3) is 16.9 Å². The molecule has 180 valence electrons. The molecule has 0 spiro atoms. The van der Waals surface area contributed by atoms with Gasteiger partial charge in [-0.25, -0.2) is 9.97 Å². The number of primary amides is 1. The molecule has 1 aliphatic rings. The minimum atomic E-state index is -0.674. The molecule has 10 heteroatoms. The smallest absolute Gasteiger partial charge is 0.228 e. The maximum Gasteiger partial charge on any atom is 0.228 e. The number of carbonyl (C=O) groups excluding carboxylic acids is 2. The van der Waals surface area contributed by atoms with Crippen LogP contribution in [0.4, 0.5) is 11.8 Å². The van der Waals surface area contributed by atoms with Crippen molar-refractivity contribution in [2.24, 2.45) is 5.73 Å². The van der Waals surface area contributed by atoms with Gasteiger partial charge in [-0.1, -0.05) is 18.2 Å². The van der Waals surface area contributed by atoms with Crippen molar-refractivity contribution in [1.29, 1.82) is 0 Å². The number of benzene rings is 1. The zero-order valence-electron chi connectivity index (χ0n) is 19.7. The van der Waals surface area contributed by atoms with Gasteiger partial charge in [0.15, 0.2) is 5.82 Å². The topological polar surface area (TPSA) is 143 Å². The first-order valence-electron chi connectivity index (χ1n) is 11.8. The first-order valence-corrected chi connectivity index (χ1v) is 11.8. The van der Waals surface area contributed by atoms with Gasteiger partial charge < -0.3 is 16.4 Å². The van der Waals surface area contributed by atoms with Gasteiger partial charge in [-0.05, 0) is 38.3 Å². The largest absolute Gasteiger partial charge is 0.370 e. The number of amides is 2. The van der Waals surface area contributed by atoms with Crippen molar-refractivity contribution >= 4 is 29.2 Å². The molecule has 1 unspecified atom stereocenters. The second-order valence-corrected chi connectivity index (χ2v) is 8.93. The summed E-state index contributed by atoms with van der Waals surface area (Å²) in [6, 6.07) is 11.4. The number of rotatable bonds is 9. The van der Waals surface area contributed by atoms with E-state index in [0.29, 0.717) is 35.5 Å². The number of imidazole rings is 1. The summed E-state index contributed by atoms with van der Waals surface area (Å²) in [6.45, 7) is 4.23. The van der Waals surface area contributed by atoms with Crippen LogP contribution < -0.4 is 16.4 Å². The van der Waals surface area contributed by atoms with Crippen LogP contribution in [-0.4, -0.2) is 42.9 Å². The van der Waals surface area contributed by atoms with E-state index in [1.807, 2.05) is 60.8 Å². The molecule has 1 atom stereocenters. The standard InChI is InChI=1S/C25H28N8O2/c1-3-27-24(35)18(10-21(26)34)16-5-4-6-17(9-16)19-12-23-28-14(2)13-33(23)25(29-19)30-22-11-20(31-32-22)15-7-8-15/h4-6,9,11-13,15,18H,3,7-8,10H2,1-2H3,(H2,26,34)(H,27,35)(H2,29,30,31,32). The summed E-state index contributed by atoms with van der Waals surface area (Å²) in [7, 11) is 0. The Hall–Kier alpha value is -4.21. The Morgan fingerprint density at radius 1 is 1.23 bits per heavy atom. The number of anilines is 2. The van der Waals surface area contributed by atoms with Gasteiger partial charge in [0.05, 0.1) is 17.3 Å². The predicted molar refractivity (Wildman–Crippen MR) is 132 cm³/mol. The summed E-state index contributed by atoms with van der Waals surface area (Å²) in [5.74, 6) is 0.393. The monoisotopic (exact) mass is 472 g/mol. The van der Waals surface area contributed by atoms with E-state index in [2.05, 4.69) is 25.8 Å². The number of nitrogens with zero attached hydrogens (tertiary/aromatic N) is 4. The van der Waals surface area contributed by atoms with Crippen molar-refractivity contribution in [3.05, 3.63) is 59.5 Å². The van der Waals surface area contributed by atoms with Crippen LogP contribution in [0.1, 0.15) is 55.0 Å². The highest BCUT2D eigenvalue weighted by atomic mass is 16.2. The number of fused-ring (bicyclic) bond motifs is 1. The minimum absolute atomic E-state index is 0.0729. The molecule has 0 saturated heterocycles. The van der Waals surface area contributed by atoms with Crippen molar-refractivity contribution in [1.82, 2.24) is 29.9 Å². The van der Waals surface area contributed by atoms with Crippen molar-refractivity contribution in [2.45, 2.75) is 44.9 Å². The van der Waals surface area contributed by atoms with E-state index in [-0.39, 0.29) is 12.3 Å². The quantitative estimate of drug-likeness (QED) is 0.295. The van der Waals surface area contributed by atoms with Crippen LogP contribution in [0.2, 0.25) is 0 Å². The number of nitrogens with one attached hydrogen (secondary N) is 3. The molecular formula is C25H28N8O2. The number of hydrogen-bond donors (Lipinski definition) is 4. The van der Waals surface area contributed by atoms with Gasteiger partial charge in [0, 0.05) is 48.5 Å². The van der Waals surface area contributed by atoms with Crippen LogP contribution in [0.5, 0.6) is 0 Å². The summed E-state index contributed by atoms with van der Waals surface area (Å²) in [5.41, 5.74) is 10.3. The number of H-pyrrole nitrogens is 1. The third-order valence-corrected chi connectivity index (χ3v) is 6.09. The van der Waals surface area contributed by atoms with Gasteiger partial charge in [0.25, 0.3) is 0 Å². The maximum absolute atomic E-state index is 12.6. The lowest BCUT2D eigenvalue weighted by Gasteiger charge is -2.16. The van der Waals surface area contributed by atoms with E-state index >= 15 is 0 Å². The molecule has 35 heavy (non-hydrogen) atoms. The van der Waals surface area contributed by atoms with Gasteiger partial charge in [0.2, 0.25) is 17.8 Å². The van der Waals surface area contributed by atoms with E-state index < -0.39 is 11.8 Å². The molecular weight excluding hydrogens is 444 g/mol. The SMILES string of the molecule is CCNC(=O)C(CC(N)=O)c1cccc(-c2cc3nc(C)cn3c(Nc3cc(C4CC4)[nH]n3)n2)c1. The third-order valence-electron chi connectivity index (χ3n) is 6.09. The number of aromatic nitrogens is 5. The van der Waals surface area contributed by atoms with E-state index in [0.717, 1.165) is 22.6 Å². The van der Waals surface area contributed by atoms with E-state index in [1.165, 1.54) is 12.8 Å². The van der Waals surface area contributed by atoms with Gasteiger partial charge in [-0.3, -0.25) is 19.1 Å². The zero-order chi connectivity index (χ0) is 24.5. The van der Waals surface area contributed by atoms with Crippen molar-refractivity contribution in [3.8, 4) is 11.3 Å². The number of nitrogens with two attached hydrogens (primary N) is 1. The van der Waals surface area contributed by atoms with Crippen LogP contribution in [0, 0.1) is 6.92 Å². The molecule has 0 bridgehead atoms. The lowest BCUT2D eigenvalue weighted by atomic mass is 9.92. The fourth-order valence-electron chi connectivity index (χ4n) is 4.24. The number of aryl methyl sites for hydroxylation is 1. The zero-order valence-corrected chi connectivity index (χ0v) is 19.7. The average Bonchev–Trinajstić information content (AvgIpc) is 3.45. The second kappa shape index (κ2) is 9.21. The van der Waals surface area contributed by atoms with Gasteiger partial charge in [-0.15, -0.1) is 0 Å². The van der Waals surface area contributed by atoms with Crippen LogP contribution >= 0.6 is 0 Å². The summed E-state index contributed by atoms with van der Waals surface area (Å²) in [6.07, 6.45) is 4.21. The molecule has 4 aromatic rings. The Balaban J connectivity index is 1.52. The average molecular weight is 473 g/mol. The Labute approximate surface area is 202 Å². The van der Waals surface area contributed by atoms with E-state index in [4.69, 9.17) is 10.7 Å². The summed E-state index contributed by atoms with van der Waals surface area (Å²) >= 11 is 0.